The highest BCUT2D eigenvalue weighted by atomic mass is 32.2. The van der Waals surface area contributed by atoms with Crippen molar-refractivity contribution in [2.75, 3.05) is 10.1 Å². The molecule has 3 aromatic carbocycles. The molecule has 0 atom stereocenters. The monoisotopic (exact) mass is 456 g/mol. The summed E-state index contributed by atoms with van der Waals surface area (Å²) >= 11 is 0. The Morgan fingerprint density at radius 2 is 1.72 bits per heavy atom. The lowest BCUT2D eigenvalue weighted by atomic mass is 10.2. The SMILES string of the molecule is O=C(O)c1ccccc1NS(=O)(=O)c1cc([N+](=O)[O-])ccc1NN=Cc1ccc(O)cc1. The Labute approximate surface area is 181 Å². The summed E-state index contributed by atoms with van der Waals surface area (Å²) in [5.41, 5.74) is 2.06. The van der Waals surface area contributed by atoms with Crippen molar-refractivity contribution in [2.24, 2.45) is 5.10 Å². The Balaban J connectivity index is 1.97. The molecule has 0 aliphatic heterocycles. The number of phenols is 1. The number of aromatic hydroxyl groups is 1. The van der Waals surface area contributed by atoms with Crippen LogP contribution in [0.4, 0.5) is 17.1 Å². The number of nitrogens with zero attached hydrogens (tertiary/aromatic N) is 2. The number of carboxylic acids is 1. The number of nitro groups is 1. The predicted molar refractivity (Wildman–Crippen MR) is 117 cm³/mol. The van der Waals surface area contributed by atoms with Crippen LogP contribution in [0.15, 0.2) is 76.7 Å². The normalized spacial score (nSPS) is 11.2. The van der Waals surface area contributed by atoms with Crippen LogP contribution in [0, 0.1) is 10.1 Å². The molecule has 0 radical (unpaired) electrons. The third-order valence-electron chi connectivity index (χ3n) is 4.16. The van der Waals surface area contributed by atoms with Crippen molar-refractivity contribution in [3.63, 3.8) is 0 Å². The van der Waals surface area contributed by atoms with Gasteiger partial charge >= 0.3 is 5.97 Å². The summed E-state index contributed by atoms with van der Waals surface area (Å²) in [6.07, 6.45) is 1.35. The van der Waals surface area contributed by atoms with E-state index in [-0.39, 0.29) is 22.7 Å². The maximum Gasteiger partial charge on any atom is 0.337 e. The second kappa shape index (κ2) is 9.14. The molecular weight excluding hydrogens is 440 g/mol. The summed E-state index contributed by atoms with van der Waals surface area (Å²) in [6.45, 7) is 0. The summed E-state index contributed by atoms with van der Waals surface area (Å²) in [6, 6.07) is 14.5. The van der Waals surface area contributed by atoms with Crippen LogP contribution in [-0.4, -0.2) is 35.7 Å². The van der Waals surface area contributed by atoms with E-state index >= 15 is 0 Å². The summed E-state index contributed by atoms with van der Waals surface area (Å²) in [7, 11) is -4.44. The van der Waals surface area contributed by atoms with Crippen LogP contribution < -0.4 is 10.1 Å². The van der Waals surface area contributed by atoms with Crippen LogP contribution >= 0.6 is 0 Å². The van der Waals surface area contributed by atoms with E-state index in [9.17, 15) is 33.5 Å². The molecule has 0 aliphatic carbocycles. The van der Waals surface area contributed by atoms with Gasteiger partial charge in [-0.1, -0.05) is 12.1 Å². The van der Waals surface area contributed by atoms with Gasteiger partial charge in [0, 0.05) is 12.1 Å². The predicted octanol–water partition coefficient (Wildman–Crippen LogP) is 3.25. The number of para-hydroxylation sites is 1. The van der Waals surface area contributed by atoms with Gasteiger partial charge in [0.05, 0.1) is 28.1 Å². The fourth-order valence-electron chi connectivity index (χ4n) is 2.63. The number of sulfonamides is 1. The molecule has 0 bridgehead atoms. The molecular formula is C20H16N4O7S. The highest BCUT2D eigenvalue weighted by molar-refractivity contribution is 7.93. The molecule has 0 saturated heterocycles. The Morgan fingerprint density at radius 1 is 1.03 bits per heavy atom. The second-order valence-corrected chi connectivity index (χ2v) is 8.01. The van der Waals surface area contributed by atoms with E-state index in [1.165, 1.54) is 48.7 Å². The molecule has 0 aliphatic rings. The number of phenolic OH excluding ortho intramolecular Hbond substituents is 1. The Bertz CT molecular complexity index is 1310. The summed E-state index contributed by atoms with van der Waals surface area (Å²) in [5, 5.41) is 33.7. The Hall–Kier alpha value is -4.45. The van der Waals surface area contributed by atoms with Crippen LogP contribution in [0.3, 0.4) is 0 Å². The maximum absolute atomic E-state index is 13.0. The van der Waals surface area contributed by atoms with Crippen molar-refractivity contribution in [3.05, 3.63) is 88.0 Å². The molecule has 0 aromatic heterocycles. The van der Waals surface area contributed by atoms with Crippen LogP contribution in [0.2, 0.25) is 0 Å². The van der Waals surface area contributed by atoms with Crippen molar-refractivity contribution in [2.45, 2.75) is 4.90 Å². The third kappa shape index (κ3) is 5.17. The first kappa shape index (κ1) is 22.2. The van der Waals surface area contributed by atoms with Crippen molar-refractivity contribution < 1.29 is 28.3 Å². The molecule has 11 nitrogen and oxygen atoms in total. The first-order valence-electron chi connectivity index (χ1n) is 8.89. The largest absolute Gasteiger partial charge is 0.508 e. The van der Waals surface area contributed by atoms with Gasteiger partial charge < -0.3 is 10.2 Å². The van der Waals surface area contributed by atoms with Crippen molar-refractivity contribution in [3.8, 4) is 5.75 Å². The third-order valence-corrected chi connectivity index (χ3v) is 5.56. The number of benzene rings is 3. The molecule has 4 N–H and O–H groups in total. The van der Waals surface area contributed by atoms with E-state index in [1.807, 2.05) is 0 Å². The minimum Gasteiger partial charge on any atom is -0.508 e. The van der Waals surface area contributed by atoms with Gasteiger partial charge in [-0.05, 0) is 48.0 Å². The first-order valence-corrected chi connectivity index (χ1v) is 10.4. The Morgan fingerprint density at radius 3 is 2.38 bits per heavy atom. The minimum absolute atomic E-state index is 0.0616. The zero-order chi connectivity index (χ0) is 23.3. The summed E-state index contributed by atoms with van der Waals surface area (Å²) < 4.78 is 28.1. The summed E-state index contributed by atoms with van der Waals surface area (Å²) in [4.78, 5) is 21.3. The van der Waals surface area contributed by atoms with E-state index in [4.69, 9.17) is 0 Å². The topological polar surface area (TPSA) is 171 Å². The lowest BCUT2D eigenvalue weighted by Gasteiger charge is -2.13. The number of nitrogens with one attached hydrogen (secondary N) is 2. The zero-order valence-corrected chi connectivity index (χ0v) is 17.0. The minimum atomic E-state index is -4.44. The fraction of sp³-hybridized carbons (Fsp3) is 0. The second-order valence-electron chi connectivity index (χ2n) is 6.36. The number of non-ortho nitro benzene ring substituents is 1. The number of hydrogen-bond donors (Lipinski definition) is 4. The van der Waals surface area contributed by atoms with Gasteiger partial charge in [0.25, 0.3) is 15.7 Å². The van der Waals surface area contributed by atoms with E-state index in [2.05, 4.69) is 15.2 Å². The standard InChI is InChI=1S/C20H16N4O7S/c25-15-8-5-13(6-9-15)12-21-22-18-10-7-14(24(28)29)11-19(18)32(30,31)23-17-4-2-1-3-16(17)20(26)27/h1-12,22-23,25H,(H,26,27). The Kier molecular flexibility index (Phi) is 6.35. The molecule has 32 heavy (non-hydrogen) atoms. The molecule has 0 heterocycles. The van der Waals surface area contributed by atoms with E-state index in [0.717, 1.165) is 12.1 Å². The van der Waals surface area contributed by atoms with E-state index in [1.54, 1.807) is 12.1 Å². The lowest BCUT2D eigenvalue weighted by Crippen LogP contribution is -2.17. The highest BCUT2D eigenvalue weighted by Gasteiger charge is 2.24. The molecule has 0 fully saturated rings. The average molecular weight is 456 g/mol. The quantitative estimate of drug-likeness (QED) is 0.227. The van der Waals surface area contributed by atoms with Gasteiger partial charge in [-0.25, -0.2) is 13.2 Å². The molecule has 0 amide bonds. The maximum atomic E-state index is 13.0. The van der Waals surface area contributed by atoms with Gasteiger partial charge in [0.15, 0.2) is 0 Å². The molecule has 0 unspecified atom stereocenters. The molecule has 164 valence electrons. The number of aromatic carboxylic acids is 1. The van der Waals surface area contributed by atoms with Crippen LogP contribution in [0.25, 0.3) is 0 Å². The van der Waals surface area contributed by atoms with E-state index in [0.29, 0.717) is 5.56 Å². The van der Waals surface area contributed by atoms with Crippen LogP contribution in [-0.2, 0) is 10.0 Å². The van der Waals surface area contributed by atoms with Crippen molar-refractivity contribution in [1.82, 2.24) is 0 Å². The molecule has 3 aromatic rings. The van der Waals surface area contributed by atoms with Gasteiger partial charge in [-0.2, -0.15) is 5.10 Å². The number of nitro benzene ring substituents is 1. The molecule has 3 rings (SSSR count). The van der Waals surface area contributed by atoms with E-state index < -0.39 is 31.5 Å². The number of anilines is 2. The lowest BCUT2D eigenvalue weighted by molar-refractivity contribution is -0.385. The average Bonchev–Trinajstić information content (AvgIpc) is 2.75. The van der Waals surface area contributed by atoms with Crippen molar-refractivity contribution in [1.29, 1.82) is 0 Å². The smallest absolute Gasteiger partial charge is 0.337 e. The molecule has 0 spiro atoms. The number of carbonyl (C=O) groups is 1. The van der Waals surface area contributed by atoms with Gasteiger partial charge in [0.2, 0.25) is 0 Å². The van der Waals surface area contributed by atoms with Gasteiger partial charge in [-0.15, -0.1) is 0 Å². The van der Waals surface area contributed by atoms with Crippen molar-refractivity contribution >= 4 is 39.3 Å². The zero-order valence-electron chi connectivity index (χ0n) is 16.2. The molecule has 0 saturated carbocycles. The first-order chi connectivity index (χ1) is 15.2. The fourth-order valence-corrected chi connectivity index (χ4v) is 3.89. The van der Waals surface area contributed by atoms with Crippen LogP contribution in [0.5, 0.6) is 5.75 Å². The number of carboxylic acid groups (broad SMARTS) is 1. The number of hydrazone groups is 1. The van der Waals surface area contributed by atoms with Gasteiger partial charge in [-0.3, -0.25) is 20.3 Å². The van der Waals surface area contributed by atoms with Gasteiger partial charge in [0.1, 0.15) is 10.6 Å². The number of hydrogen-bond acceptors (Lipinski definition) is 8. The number of rotatable bonds is 8. The highest BCUT2D eigenvalue weighted by Crippen LogP contribution is 2.29. The summed E-state index contributed by atoms with van der Waals surface area (Å²) in [5.74, 6) is -1.29. The molecule has 12 heteroatoms. The van der Waals surface area contributed by atoms with Crippen LogP contribution in [0.1, 0.15) is 15.9 Å².